The largest absolute Gasteiger partial charge is 0.443 e. The summed E-state index contributed by atoms with van der Waals surface area (Å²) in [5.41, 5.74) is 2.27. The molecule has 1 amide bonds. The van der Waals surface area contributed by atoms with E-state index in [1.165, 1.54) is 0 Å². The van der Waals surface area contributed by atoms with Crippen molar-refractivity contribution in [3.63, 3.8) is 0 Å². The Kier molecular flexibility index (Phi) is 4.00. The summed E-state index contributed by atoms with van der Waals surface area (Å²) in [6.45, 7) is 1.92. The molecule has 4 aliphatic carbocycles. The normalized spacial score (nSPS) is 31.2. The van der Waals surface area contributed by atoms with E-state index >= 15 is 4.39 Å². The molecule has 3 N–H and O–H groups in total. The van der Waals surface area contributed by atoms with Crippen molar-refractivity contribution >= 4 is 23.5 Å². The number of alkyl halides is 1. The molecule has 3 aromatic rings. The van der Waals surface area contributed by atoms with Crippen molar-refractivity contribution < 1.29 is 13.9 Å². The standard InChI is InChI=1S/C21H24FN7O2/c1-11-10-29-17(24-11)4-5-23-19(29)25-16-6-14(27-28-16)13-2-3-15(18(13)22)31-20(30)26-21-7-12(8-21)9-21/h4-6,10,12-13,15,18H,2-3,7-9H2,1H3,(H,26,30)(H2,23,25,27,28)/t12?,13-,15-,18-,21?/m0/s1. The Bertz CT molecular complexity index is 1140. The number of carbonyl (C=O) groups excluding carboxylic acids is 1. The van der Waals surface area contributed by atoms with E-state index in [0.29, 0.717) is 30.3 Å². The molecule has 4 aliphatic rings. The fraction of sp³-hybridized carbons (Fsp3) is 0.524. The highest BCUT2D eigenvalue weighted by atomic mass is 19.1. The van der Waals surface area contributed by atoms with Gasteiger partial charge in [-0.1, -0.05) is 0 Å². The number of alkyl carbamates (subject to hydrolysis) is 1. The SMILES string of the molecule is Cc1cn2c(Nc3cc([C@@H]4CC[C@H](OC(=O)NC56CC(C5)C6)[C@H]4F)[nH]n3)nccc2n1. The number of ether oxygens (including phenoxy) is 1. The smallest absolute Gasteiger partial charge is 0.407 e. The van der Waals surface area contributed by atoms with Gasteiger partial charge in [0.1, 0.15) is 17.9 Å². The van der Waals surface area contributed by atoms with Crippen molar-refractivity contribution in [3.05, 3.63) is 35.9 Å². The average molecular weight is 425 g/mol. The topological polar surface area (TPSA) is 109 Å². The van der Waals surface area contributed by atoms with E-state index < -0.39 is 24.3 Å². The Hall–Kier alpha value is -3.17. The molecule has 0 aliphatic heterocycles. The minimum Gasteiger partial charge on any atom is -0.443 e. The second kappa shape index (κ2) is 6.66. The number of hydrogen-bond acceptors (Lipinski definition) is 6. The Morgan fingerprint density at radius 2 is 2.19 bits per heavy atom. The summed E-state index contributed by atoms with van der Waals surface area (Å²) in [4.78, 5) is 21.0. The molecule has 3 atom stereocenters. The Labute approximate surface area is 177 Å². The van der Waals surface area contributed by atoms with Crippen molar-refractivity contribution in [3.8, 4) is 0 Å². The highest BCUT2D eigenvalue weighted by Crippen LogP contribution is 2.57. The lowest BCUT2D eigenvalue weighted by Gasteiger charge is -2.61. The Morgan fingerprint density at radius 3 is 2.97 bits per heavy atom. The van der Waals surface area contributed by atoms with Gasteiger partial charge in [-0.15, -0.1) is 0 Å². The minimum absolute atomic E-state index is 0.0693. The fourth-order valence-electron chi connectivity index (χ4n) is 5.23. The number of halogens is 1. The molecular formula is C21H24FN7O2. The van der Waals surface area contributed by atoms with Crippen molar-refractivity contribution in [1.29, 1.82) is 0 Å². The summed E-state index contributed by atoms with van der Waals surface area (Å²) in [5, 5.41) is 13.3. The van der Waals surface area contributed by atoms with Crippen LogP contribution in [0.2, 0.25) is 0 Å². The third-order valence-electron chi connectivity index (χ3n) is 6.90. The first-order valence-electron chi connectivity index (χ1n) is 10.7. The van der Waals surface area contributed by atoms with Crippen molar-refractivity contribution in [2.45, 2.75) is 62.8 Å². The molecule has 0 aromatic carbocycles. The van der Waals surface area contributed by atoms with E-state index in [1.54, 1.807) is 12.3 Å². The molecule has 162 valence electrons. The monoisotopic (exact) mass is 425 g/mol. The van der Waals surface area contributed by atoms with E-state index in [0.717, 1.165) is 36.5 Å². The van der Waals surface area contributed by atoms with E-state index in [9.17, 15) is 4.79 Å². The van der Waals surface area contributed by atoms with Gasteiger partial charge in [0.25, 0.3) is 0 Å². The summed E-state index contributed by atoms with van der Waals surface area (Å²) in [6, 6.07) is 3.61. The highest BCUT2D eigenvalue weighted by molar-refractivity contribution is 5.69. The molecule has 31 heavy (non-hydrogen) atoms. The molecule has 0 saturated heterocycles. The highest BCUT2D eigenvalue weighted by Gasteiger charge is 2.58. The number of aryl methyl sites for hydroxylation is 1. The van der Waals surface area contributed by atoms with Crippen LogP contribution in [0, 0.1) is 12.8 Å². The second-order valence-electron chi connectivity index (χ2n) is 9.17. The van der Waals surface area contributed by atoms with E-state index in [2.05, 4.69) is 30.8 Å². The molecule has 0 radical (unpaired) electrons. The third kappa shape index (κ3) is 3.12. The summed E-state index contributed by atoms with van der Waals surface area (Å²) in [7, 11) is 0. The predicted octanol–water partition coefficient (Wildman–Crippen LogP) is 3.37. The number of nitrogens with zero attached hydrogens (tertiary/aromatic N) is 4. The molecule has 2 bridgehead atoms. The van der Waals surface area contributed by atoms with Gasteiger partial charge in [0.15, 0.2) is 5.82 Å². The zero-order valence-electron chi connectivity index (χ0n) is 17.1. The summed E-state index contributed by atoms with van der Waals surface area (Å²) >= 11 is 0. The van der Waals surface area contributed by atoms with E-state index in [4.69, 9.17) is 4.74 Å². The lowest BCUT2D eigenvalue weighted by molar-refractivity contribution is -0.0532. The van der Waals surface area contributed by atoms with Crippen molar-refractivity contribution in [2.24, 2.45) is 5.92 Å². The maximum Gasteiger partial charge on any atom is 0.407 e. The van der Waals surface area contributed by atoms with E-state index in [-0.39, 0.29) is 5.54 Å². The number of carbonyl (C=O) groups is 1. The van der Waals surface area contributed by atoms with Crippen LogP contribution in [0.5, 0.6) is 0 Å². The first-order valence-corrected chi connectivity index (χ1v) is 10.7. The Balaban J connectivity index is 1.11. The quantitative estimate of drug-likeness (QED) is 0.578. The van der Waals surface area contributed by atoms with Gasteiger partial charge in [-0.3, -0.25) is 9.50 Å². The molecule has 9 nitrogen and oxygen atoms in total. The molecule has 3 aromatic heterocycles. The first-order chi connectivity index (χ1) is 15.0. The van der Waals surface area contributed by atoms with Crippen molar-refractivity contribution in [1.82, 2.24) is 29.9 Å². The number of anilines is 2. The molecule has 3 heterocycles. The number of H-pyrrole nitrogens is 1. The molecule has 4 fully saturated rings. The summed E-state index contributed by atoms with van der Waals surface area (Å²) in [6.07, 6.45) is 5.21. The fourth-order valence-corrected chi connectivity index (χ4v) is 5.23. The zero-order valence-corrected chi connectivity index (χ0v) is 17.1. The number of aromatic amines is 1. The zero-order chi connectivity index (χ0) is 21.2. The van der Waals surface area contributed by atoms with Gasteiger partial charge in [-0.05, 0) is 51.0 Å². The van der Waals surface area contributed by atoms with Crippen LogP contribution in [0.4, 0.5) is 21.0 Å². The lowest BCUT2D eigenvalue weighted by atomic mass is 9.50. The maximum atomic E-state index is 15.1. The van der Waals surface area contributed by atoms with Gasteiger partial charge in [-0.25, -0.2) is 19.2 Å². The van der Waals surface area contributed by atoms with Crippen LogP contribution >= 0.6 is 0 Å². The number of aromatic nitrogens is 5. The van der Waals surface area contributed by atoms with E-state index in [1.807, 2.05) is 23.6 Å². The minimum atomic E-state index is -1.27. The van der Waals surface area contributed by atoms with Gasteiger partial charge in [0.2, 0.25) is 5.95 Å². The van der Waals surface area contributed by atoms with Gasteiger partial charge >= 0.3 is 6.09 Å². The average Bonchev–Trinajstić information content (AvgIpc) is 3.37. The van der Waals surface area contributed by atoms with Crippen LogP contribution in [0.1, 0.15) is 49.4 Å². The number of hydrogen-bond donors (Lipinski definition) is 3. The summed E-state index contributed by atoms with van der Waals surface area (Å²) < 4.78 is 22.4. The maximum absolute atomic E-state index is 15.1. The van der Waals surface area contributed by atoms with Crippen LogP contribution < -0.4 is 10.6 Å². The number of imidazole rings is 1. The first kappa shape index (κ1) is 18.6. The number of fused-ring (bicyclic) bond motifs is 1. The van der Waals surface area contributed by atoms with Crippen LogP contribution in [-0.2, 0) is 4.74 Å². The number of amides is 1. The number of nitrogens with one attached hydrogen (secondary N) is 3. The van der Waals surface area contributed by atoms with Gasteiger partial charge < -0.3 is 15.4 Å². The predicted molar refractivity (Wildman–Crippen MR) is 110 cm³/mol. The molecule has 0 spiro atoms. The van der Waals surface area contributed by atoms with Crippen LogP contribution in [-0.4, -0.2) is 48.5 Å². The second-order valence-corrected chi connectivity index (χ2v) is 9.17. The van der Waals surface area contributed by atoms with Crippen LogP contribution in [0.3, 0.4) is 0 Å². The van der Waals surface area contributed by atoms with Crippen LogP contribution in [0.15, 0.2) is 24.5 Å². The molecule has 4 saturated carbocycles. The Morgan fingerprint density at radius 1 is 1.35 bits per heavy atom. The van der Waals surface area contributed by atoms with Gasteiger partial charge in [0.05, 0.1) is 5.69 Å². The molecule has 10 heteroatoms. The molecule has 7 rings (SSSR count). The molecule has 0 unspecified atom stereocenters. The van der Waals surface area contributed by atoms with Gasteiger partial charge in [0, 0.05) is 35.6 Å². The lowest BCUT2D eigenvalue weighted by Crippen LogP contribution is -2.68. The van der Waals surface area contributed by atoms with Crippen molar-refractivity contribution in [2.75, 3.05) is 5.32 Å². The van der Waals surface area contributed by atoms with Gasteiger partial charge in [-0.2, -0.15) is 5.10 Å². The number of rotatable bonds is 5. The third-order valence-corrected chi connectivity index (χ3v) is 6.90. The summed E-state index contributed by atoms with van der Waals surface area (Å²) in [5.74, 6) is 1.48. The van der Waals surface area contributed by atoms with Crippen LogP contribution in [0.25, 0.3) is 5.65 Å². The molecular weight excluding hydrogens is 401 g/mol.